The second-order valence-corrected chi connectivity index (χ2v) is 2.14. The lowest BCUT2D eigenvalue weighted by molar-refractivity contribution is 0.317. The number of pyridine rings is 1. The van der Waals surface area contributed by atoms with E-state index in [2.05, 4.69) is 15.5 Å². The predicted molar refractivity (Wildman–Crippen MR) is 44.4 cm³/mol. The third-order valence-corrected chi connectivity index (χ3v) is 1.39. The fraction of sp³-hybridized carbons (Fsp3) is 0.143. The predicted octanol–water partition coefficient (Wildman–Crippen LogP) is -0.270. The summed E-state index contributed by atoms with van der Waals surface area (Å²) in [6, 6.07) is 2.92. The Hall–Kier alpha value is -1.78. The molecule has 0 fully saturated rings. The van der Waals surface area contributed by atoms with E-state index in [9.17, 15) is 4.79 Å². The van der Waals surface area contributed by atoms with Crippen LogP contribution in [0.1, 0.15) is 5.56 Å². The van der Waals surface area contributed by atoms with Gasteiger partial charge in [0.15, 0.2) is 5.84 Å². The highest BCUT2D eigenvalue weighted by molar-refractivity contribution is 5.97. The van der Waals surface area contributed by atoms with Gasteiger partial charge >= 0.3 is 0 Å². The van der Waals surface area contributed by atoms with Gasteiger partial charge in [0.25, 0.3) is 0 Å². The molecule has 0 saturated carbocycles. The maximum atomic E-state index is 10.6. The van der Waals surface area contributed by atoms with Crippen LogP contribution in [-0.2, 0) is 0 Å². The SMILES string of the molecule is CNC(=NO)c1ccc(=O)[nH]c1. The van der Waals surface area contributed by atoms with Gasteiger partial charge < -0.3 is 15.5 Å². The summed E-state index contributed by atoms with van der Waals surface area (Å²) in [5.41, 5.74) is 0.437. The fourth-order valence-corrected chi connectivity index (χ4v) is 0.810. The van der Waals surface area contributed by atoms with Crippen LogP contribution in [0.3, 0.4) is 0 Å². The molecule has 3 N–H and O–H groups in total. The zero-order chi connectivity index (χ0) is 8.97. The number of aromatic nitrogens is 1. The minimum atomic E-state index is -0.188. The Morgan fingerprint density at radius 1 is 1.67 bits per heavy atom. The summed E-state index contributed by atoms with van der Waals surface area (Å²) in [5.74, 6) is 0.311. The maximum absolute atomic E-state index is 10.6. The molecule has 0 aliphatic rings. The van der Waals surface area contributed by atoms with Gasteiger partial charge in [-0.15, -0.1) is 0 Å². The molecule has 1 aromatic rings. The molecule has 0 spiro atoms. The number of aromatic amines is 1. The Morgan fingerprint density at radius 2 is 2.42 bits per heavy atom. The van der Waals surface area contributed by atoms with Crippen LogP contribution in [0.25, 0.3) is 0 Å². The minimum absolute atomic E-state index is 0.188. The first kappa shape index (κ1) is 8.32. The summed E-state index contributed by atoms with van der Waals surface area (Å²) in [7, 11) is 1.63. The second kappa shape index (κ2) is 3.56. The van der Waals surface area contributed by atoms with Gasteiger partial charge in [-0.3, -0.25) is 4.79 Å². The molecule has 0 bridgehead atoms. The molecule has 0 aliphatic heterocycles. The Balaban J connectivity index is 3.04. The van der Waals surface area contributed by atoms with Crippen molar-refractivity contribution in [3.63, 3.8) is 0 Å². The van der Waals surface area contributed by atoms with Crippen molar-refractivity contribution in [3.05, 3.63) is 34.2 Å². The summed E-state index contributed by atoms with van der Waals surface area (Å²) >= 11 is 0. The molecule has 1 heterocycles. The third-order valence-electron chi connectivity index (χ3n) is 1.39. The summed E-state index contributed by atoms with van der Waals surface area (Å²) in [4.78, 5) is 13.1. The van der Waals surface area contributed by atoms with Gasteiger partial charge in [0, 0.05) is 24.9 Å². The number of H-pyrrole nitrogens is 1. The lowest BCUT2D eigenvalue weighted by Crippen LogP contribution is -2.20. The first-order chi connectivity index (χ1) is 5.77. The van der Waals surface area contributed by atoms with Crippen molar-refractivity contribution in [1.29, 1.82) is 0 Å². The molecule has 0 aromatic carbocycles. The van der Waals surface area contributed by atoms with Crippen molar-refractivity contribution in [2.24, 2.45) is 5.16 Å². The topological polar surface area (TPSA) is 77.5 Å². The molecule has 1 rings (SSSR count). The zero-order valence-electron chi connectivity index (χ0n) is 6.53. The van der Waals surface area contributed by atoms with Gasteiger partial charge in [-0.05, 0) is 6.07 Å². The van der Waals surface area contributed by atoms with Crippen molar-refractivity contribution in [2.75, 3.05) is 7.05 Å². The van der Waals surface area contributed by atoms with Gasteiger partial charge in [-0.1, -0.05) is 5.16 Å². The van der Waals surface area contributed by atoms with E-state index in [1.54, 1.807) is 13.1 Å². The normalized spacial score (nSPS) is 11.2. The highest BCUT2D eigenvalue weighted by Crippen LogP contribution is 1.92. The molecule has 0 saturated heterocycles. The van der Waals surface area contributed by atoms with Crippen LogP contribution < -0.4 is 10.9 Å². The standard InChI is InChI=1S/C7H9N3O2/c1-8-7(10-12)5-2-3-6(11)9-4-5/h2-4,12H,1H3,(H,8,10)(H,9,11). The fourth-order valence-electron chi connectivity index (χ4n) is 0.810. The smallest absolute Gasteiger partial charge is 0.247 e. The quantitative estimate of drug-likeness (QED) is 0.233. The van der Waals surface area contributed by atoms with Crippen molar-refractivity contribution >= 4 is 5.84 Å². The molecule has 0 amide bonds. The minimum Gasteiger partial charge on any atom is -0.409 e. The number of nitrogens with zero attached hydrogens (tertiary/aromatic N) is 1. The van der Waals surface area contributed by atoms with E-state index in [4.69, 9.17) is 5.21 Å². The summed E-state index contributed by atoms with van der Waals surface area (Å²) < 4.78 is 0. The van der Waals surface area contributed by atoms with E-state index >= 15 is 0 Å². The van der Waals surface area contributed by atoms with E-state index < -0.39 is 0 Å². The van der Waals surface area contributed by atoms with Crippen molar-refractivity contribution in [1.82, 2.24) is 10.3 Å². The first-order valence-corrected chi connectivity index (χ1v) is 3.37. The molecule has 64 valence electrons. The Bertz CT molecular complexity index is 322. The van der Waals surface area contributed by atoms with Gasteiger partial charge in [-0.2, -0.15) is 0 Å². The number of nitrogens with one attached hydrogen (secondary N) is 2. The van der Waals surface area contributed by atoms with Crippen LogP contribution in [0.2, 0.25) is 0 Å². The van der Waals surface area contributed by atoms with Crippen molar-refractivity contribution in [3.8, 4) is 0 Å². The maximum Gasteiger partial charge on any atom is 0.247 e. The van der Waals surface area contributed by atoms with Crippen molar-refractivity contribution in [2.45, 2.75) is 0 Å². The summed E-state index contributed by atoms with van der Waals surface area (Å²) in [6.07, 6.45) is 1.47. The molecule has 0 atom stereocenters. The number of hydrogen-bond donors (Lipinski definition) is 3. The van der Waals surface area contributed by atoms with Crippen molar-refractivity contribution < 1.29 is 5.21 Å². The average molecular weight is 167 g/mol. The molecular weight excluding hydrogens is 158 g/mol. The van der Waals surface area contributed by atoms with E-state index in [1.165, 1.54) is 12.3 Å². The summed E-state index contributed by atoms with van der Waals surface area (Å²) in [5, 5.41) is 14.1. The first-order valence-electron chi connectivity index (χ1n) is 3.37. The molecule has 0 radical (unpaired) electrons. The summed E-state index contributed by atoms with van der Waals surface area (Å²) in [6.45, 7) is 0. The van der Waals surface area contributed by atoms with E-state index in [1.807, 2.05) is 0 Å². The van der Waals surface area contributed by atoms with Gasteiger partial charge in [0.1, 0.15) is 0 Å². The molecule has 0 unspecified atom stereocenters. The lowest BCUT2D eigenvalue weighted by atomic mass is 10.2. The molecule has 12 heavy (non-hydrogen) atoms. The van der Waals surface area contributed by atoms with Gasteiger partial charge in [-0.25, -0.2) is 0 Å². The number of oxime groups is 1. The second-order valence-electron chi connectivity index (χ2n) is 2.14. The average Bonchev–Trinajstić information content (AvgIpc) is 2.10. The highest BCUT2D eigenvalue weighted by atomic mass is 16.4. The monoisotopic (exact) mass is 167 g/mol. The van der Waals surface area contributed by atoms with E-state index in [0.717, 1.165) is 0 Å². The largest absolute Gasteiger partial charge is 0.409 e. The van der Waals surface area contributed by atoms with E-state index in [0.29, 0.717) is 11.4 Å². The van der Waals surface area contributed by atoms with Gasteiger partial charge in [0.05, 0.1) is 0 Å². The van der Waals surface area contributed by atoms with Gasteiger partial charge in [0.2, 0.25) is 5.56 Å². The number of hydrogen-bond acceptors (Lipinski definition) is 3. The van der Waals surface area contributed by atoms with Crippen LogP contribution in [-0.4, -0.2) is 23.1 Å². The van der Waals surface area contributed by atoms with Crippen LogP contribution in [0.4, 0.5) is 0 Å². The molecule has 5 heteroatoms. The molecular formula is C7H9N3O2. The third kappa shape index (κ3) is 1.63. The zero-order valence-corrected chi connectivity index (χ0v) is 6.53. The number of rotatable bonds is 1. The Labute approximate surface area is 68.7 Å². The van der Waals surface area contributed by atoms with E-state index in [-0.39, 0.29) is 5.56 Å². The van der Waals surface area contributed by atoms with Crippen LogP contribution >= 0.6 is 0 Å². The van der Waals surface area contributed by atoms with Crippen LogP contribution in [0.5, 0.6) is 0 Å². The Kier molecular flexibility index (Phi) is 2.47. The Morgan fingerprint density at radius 3 is 2.83 bits per heavy atom. The highest BCUT2D eigenvalue weighted by Gasteiger charge is 1.99. The molecule has 5 nitrogen and oxygen atoms in total. The molecule has 1 aromatic heterocycles. The van der Waals surface area contributed by atoms with Crippen LogP contribution in [0, 0.1) is 0 Å². The molecule has 0 aliphatic carbocycles. The van der Waals surface area contributed by atoms with Crippen LogP contribution in [0.15, 0.2) is 28.3 Å². The lowest BCUT2D eigenvalue weighted by Gasteiger charge is -2.00. The number of amidine groups is 1.